The summed E-state index contributed by atoms with van der Waals surface area (Å²) in [5, 5.41) is 3.26. The molecule has 0 aromatic heterocycles. The number of nitrogens with zero attached hydrogens (tertiary/aromatic N) is 1. The van der Waals surface area contributed by atoms with E-state index in [0.717, 1.165) is 5.88 Å². The van der Waals surface area contributed by atoms with Crippen LogP contribution in [0.2, 0.25) is 0 Å². The molecule has 2 aliphatic heterocycles. The zero-order chi connectivity index (χ0) is 12.8. The standard InChI is InChI=1S/C6H13NS.C4H9NS.C2H5Cl/c1-2-7-3-5-8-6-4-7;1-3-6-4-2-5-1;1-2-3/h2-6H2,1H3;5H,1-4H2;2H2,1H3. The number of rotatable bonds is 1. The second-order valence-corrected chi connectivity index (χ2v) is 6.66. The first-order chi connectivity index (χ1) is 8.35. The number of halogens is 1. The number of hydrogen-bond donors (Lipinski definition) is 1. The maximum Gasteiger partial charge on any atom is 0.0195 e. The highest BCUT2D eigenvalue weighted by Crippen LogP contribution is 2.07. The second-order valence-electron chi connectivity index (χ2n) is 3.68. The maximum absolute atomic E-state index is 5.00. The highest BCUT2D eigenvalue weighted by molar-refractivity contribution is 7.99. The lowest BCUT2D eigenvalue weighted by Crippen LogP contribution is -2.31. The van der Waals surface area contributed by atoms with E-state index in [9.17, 15) is 0 Å². The molecule has 0 radical (unpaired) electrons. The predicted molar refractivity (Wildman–Crippen MR) is 86.0 cm³/mol. The first-order valence-electron chi connectivity index (χ1n) is 6.49. The van der Waals surface area contributed by atoms with Gasteiger partial charge in [-0.1, -0.05) is 13.8 Å². The normalized spacial score (nSPS) is 20.6. The third kappa shape index (κ3) is 13.1. The summed E-state index contributed by atoms with van der Waals surface area (Å²) in [5.74, 6) is 6.02. The number of thioether (sulfide) groups is 2. The minimum atomic E-state index is 0.722. The van der Waals surface area contributed by atoms with Gasteiger partial charge in [0.05, 0.1) is 0 Å². The molecule has 0 aromatic rings. The average molecular weight is 299 g/mol. The number of hydrogen-bond acceptors (Lipinski definition) is 4. The average Bonchev–Trinajstić information content (AvgIpc) is 2.43. The summed E-state index contributed by atoms with van der Waals surface area (Å²) >= 11 is 9.10. The van der Waals surface area contributed by atoms with E-state index in [2.05, 4.69) is 28.9 Å². The zero-order valence-corrected chi connectivity index (χ0v) is 13.6. The molecule has 0 saturated carbocycles. The minimum absolute atomic E-state index is 0.722. The summed E-state index contributed by atoms with van der Waals surface area (Å²) in [6.07, 6.45) is 0. The maximum atomic E-state index is 5.00. The molecule has 0 aliphatic carbocycles. The molecule has 2 rings (SSSR count). The fourth-order valence-electron chi connectivity index (χ4n) is 1.43. The Balaban J connectivity index is 0.000000252. The Kier molecular flexibility index (Phi) is 15.8. The van der Waals surface area contributed by atoms with Crippen LogP contribution in [-0.2, 0) is 0 Å². The van der Waals surface area contributed by atoms with Crippen molar-refractivity contribution in [1.29, 1.82) is 0 Å². The van der Waals surface area contributed by atoms with Gasteiger partial charge in [-0.3, -0.25) is 0 Å². The summed E-state index contributed by atoms with van der Waals surface area (Å²) in [6.45, 7) is 10.4. The van der Waals surface area contributed by atoms with Gasteiger partial charge < -0.3 is 10.2 Å². The zero-order valence-electron chi connectivity index (χ0n) is 11.2. The Morgan fingerprint density at radius 2 is 1.47 bits per heavy atom. The fraction of sp³-hybridized carbons (Fsp3) is 1.00. The molecule has 1 N–H and O–H groups in total. The van der Waals surface area contributed by atoms with Gasteiger partial charge in [0.1, 0.15) is 0 Å². The Morgan fingerprint density at radius 1 is 1.00 bits per heavy atom. The molecule has 17 heavy (non-hydrogen) atoms. The first-order valence-corrected chi connectivity index (χ1v) is 9.34. The van der Waals surface area contributed by atoms with E-state index in [-0.39, 0.29) is 0 Å². The van der Waals surface area contributed by atoms with Gasteiger partial charge >= 0.3 is 0 Å². The lowest BCUT2D eigenvalue weighted by molar-refractivity contribution is 0.320. The molecule has 104 valence electrons. The minimum Gasteiger partial charge on any atom is -0.315 e. The van der Waals surface area contributed by atoms with Crippen molar-refractivity contribution in [3.05, 3.63) is 0 Å². The van der Waals surface area contributed by atoms with Crippen molar-refractivity contribution in [2.45, 2.75) is 13.8 Å². The Hall–Kier alpha value is 0.910. The summed E-state index contributed by atoms with van der Waals surface area (Å²) in [5.41, 5.74) is 0. The molecular weight excluding hydrogens is 272 g/mol. The molecule has 5 heteroatoms. The van der Waals surface area contributed by atoms with Crippen molar-refractivity contribution >= 4 is 35.1 Å². The van der Waals surface area contributed by atoms with Crippen LogP contribution >= 0.6 is 35.1 Å². The monoisotopic (exact) mass is 298 g/mol. The van der Waals surface area contributed by atoms with E-state index in [1.54, 1.807) is 0 Å². The summed E-state index contributed by atoms with van der Waals surface area (Å²) in [4.78, 5) is 2.50. The largest absolute Gasteiger partial charge is 0.315 e. The van der Waals surface area contributed by atoms with Crippen molar-refractivity contribution in [3.8, 4) is 0 Å². The summed E-state index contributed by atoms with van der Waals surface area (Å²) in [6, 6.07) is 0. The van der Waals surface area contributed by atoms with Crippen molar-refractivity contribution < 1.29 is 0 Å². The van der Waals surface area contributed by atoms with Gasteiger partial charge in [0.25, 0.3) is 0 Å². The molecule has 0 bridgehead atoms. The molecular formula is C12H27ClN2S2. The molecule has 2 saturated heterocycles. The van der Waals surface area contributed by atoms with E-state index in [1.807, 2.05) is 18.7 Å². The molecule has 0 atom stereocenters. The highest BCUT2D eigenvalue weighted by atomic mass is 35.5. The Bertz CT molecular complexity index is 129. The molecule has 2 nitrogen and oxygen atoms in total. The van der Waals surface area contributed by atoms with Crippen LogP contribution in [0.25, 0.3) is 0 Å². The smallest absolute Gasteiger partial charge is 0.0195 e. The highest BCUT2D eigenvalue weighted by Gasteiger charge is 2.05. The van der Waals surface area contributed by atoms with Crippen LogP contribution < -0.4 is 5.32 Å². The van der Waals surface area contributed by atoms with Crippen LogP contribution in [0.4, 0.5) is 0 Å². The van der Waals surface area contributed by atoms with Crippen LogP contribution in [-0.4, -0.2) is 66.5 Å². The van der Waals surface area contributed by atoms with Gasteiger partial charge in [-0.15, -0.1) is 11.6 Å². The van der Waals surface area contributed by atoms with Crippen LogP contribution in [0.5, 0.6) is 0 Å². The molecule has 2 heterocycles. The Labute approximate surface area is 121 Å². The van der Waals surface area contributed by atoms with Crippen molar-refractivity contribution in [1.82, 2.24) is 10.2 Å². The molecule has 0 spiro atoms. The molecule has 2 fully saturated rings. The van der Waals surface area contributed by atoms with E-state index in [0.29, 0.717) is 0 Å². The SMILES string of the molecule is C1CSCCN1.CCCl.CCN1CCSCC1. The van der Waals surface area contributed by atoms with E-state index < -0.39 is 0 Å². The van der Waals surface area contributed by atoms with Gasteiger partial charge in [-0.05, 0) is 6.54 Å². The first kappa shape index (κ1) is 17.9. The second kappa shape index (κ2) is 15.0. The molecule has 2 aliphatic rings. The molecule has 0 unspecified atom stereocenters. The van der Waals surface area contributed by atoms with Crippen molar-refractivity contribution in [2.75, 3.05) is 61.6 Å². The van der Waals surface area contributed by atoms with Crippen molar-refractivity contribution in [2.24, 2.45) is 0 Å². The molecule has 0 amide bonds. The summed E-state index contributed by atoms with van der Waals surface area (Å²) < 4.78 is 0. The quantitative estimate of drug-likeness (QED) is 0.748. The summed E-state index contributed by atoms with van der Waals surface area (Å²) in [7, 11) is 0. The number of nitrogens with one attached hydrogen (secondary N) is 1. The van der Waals surface area contributed by atoms with Gasteiger partial charge in [0.2, 0.25) is 0 Å². The Morgan fingerprint density at radius 3 is 1.71 bits per heavy atom. The van der Waals surface area contributed by atoms with Crippen molar-refractivity contribution in [3.63, 3.8) is 0 Å². The van der Waals surface area contributed by atoms with Crippen LogP contribution in [0.15, 0.2) is 0 Å². The number of alkyl halides is 1. The lowest BCUT2D eigenvalue weighted by Gasteiger charge is -2.23. The van der Waals surface area contributed by atoms with E-state index >= 15 is 0 Å². The van der Waals surface area contributed by atoms with Crippen LogP contribution in [0.3, 0.4) is 0 Å². The third-order valence-electron chi connectivity index (χ3n) is 2.40. The van der Waals surface area contributed by atoms with Crippen LogP contribution in [0.1, 0.15) is 13.8 Å². The molecule has 0 aromatic carbocycles. The topological polar surface area (TPSA) is 15.3 Å². The van der Waals surface area contributed by atoms with Gasteiger partial charge in [0, 0.05) is 55.1 Å². The van der Waals surface area contributed by atoms with Gasteiger partial charge in [-0.2, -0.15) is 23.5 Å². The lowest BCUT2D eigenvalue weighted by atomic mass is 10.5. The predicted octanol–water partition coefficient (Wildman–Crippen LogP) is 2.62. The fourth-order valence-corrected chi connectivity index (χ4v) is 3.19. The van der Waals surface area contributed by atoms with E-state index in [4.69, 9.17) is 11.6 Å². The van der Waals surface area contributed by atoms with Crippen LogP contribution in [0, 0.1) is 0 Å². The van der Waals surface area contributed by atoms with E-state index in [1.165, 1.54) is 55.7 Å². The van der Waals surface area contributed by atoms with Gasteiger partial charge in [0.15, 0.2) is 0 Å². The third-order valence-corrected chi connectivity index (χ3v) is 4.33. The van der Waals surface area contributed by atoms with Gasteiger partial charge in [-0.25, -0.2) is 0 Å².